The lowest BCUT2D eigenvalue weighted by molar-refractivity contribution is 0.504. The van der Waals surface area contributed by atoms with Crippen molar-refractivity contribution in [2.24, 2.45) is 0 Å². The Balaban J connectivity index is 1.72. The number of anilines is 1. The molecular weight excluding hydrogens is 338 g/mol. The smallest absolute Gasteiger partial charge is 0.241 e. The predicted molar refractivity (Wildman–Crippen MR) is 83.9 cm³/mol. The summed E-state index contributed by atoms with van der Waals surface area (Å²) in [5, 5.41) is 0. The monoisotopic (exact) mass is 354 g/mol. The molecule has 1 aliphatic rings. The maximum absolute atomic E-state index is 13.2. The second-order valence-corrected chi connectivity index (χ2v) is 7.21. The molecule has 2 heterocycles. The first-order chi connectivity index (χ1) is 11.5. The van der Waals surface area contributed by atoms with Crippen LogP contribution in [0.25, 0.3) is 0 Å². The second kappa shape index (κ2) is 6.78. The Morgan fingerprint density at radius 1 is 1.12 bits per heavy atom. The molecule has 0 atom stereocenters. The van der Waals surface area contributed by atoms with Gasteiger partial charge in [0.15, 0.2) is 11.6 Å². The highest BCUT2D eigenvalue weighted by molar-refractivity contribution is 7.89. The van der Waals surface area contributed by atoms with Crippen LogP contribution in [0.2, 0.25) is 0 Å². The first-order valence-electron chi connectivity index (χ1n) is 7.47. The maximum atomic E-state index is 13.2. The molecule has 1 aromatic heterocycles. The molecular formula is C15H16F2N4O2S. The molecule has 3 rings (SSSR count). The zero-order valence-corrected chi connectivity index (χ0v) is 13.6. The van der Waals surface area contributed by atoms with Crippen molar-refractivity contribution in [2.75, 3.05) is 18.0 Å². The van der Waals surface area contributed by atoms with E-state index in [1.54, 1.807) is 12.3 Å². The van der Waals surface area contributed by atoms with Crippen molar-refractivity contribution in [3.8, 4) is 0 Å². The summed E-state index contributed by atoms with van der Waals surface area (Å²) >= 11 is 0. The van der Waals surface area contributed by atoms with Crippen LogP contribution < -0.4 is 9.62 Å². The third-order valence-corrected chi connectivity index (χ3v) is 5.13. The molecule has 1 aliphatic heterocycles. The van der Waals surface area contributed by atoms with Gasteiger partial charge >= 0.3 is 0 Å². The van der Waals surface area contributed by atoms with Gasteiger partial charge < -0.3 is 4.90 Å². The van der Waals surface area contributed by atoms with Gasteiger partial charge in [-0.1, -0.05) is 0 Å². The van der Waals surface area contributed by atoms with E-state index in [0.717, 1.165) is 38.1 Å². The van der Waals surface area contributed by atoms with Crippen LogP contribution in [0.5, 0.6) is 0 Å². The molecule has 0 aliphatic carbocycles. The van der Waals surface area contributed by atoms with E-state index >= 15 is 0 Å². The molecule has 24 heavy (non-hydrogen) atoms. The van der Waals surface area contributed by atoms with Crippen molar-refractivity contribution < 1.29 is 17.2 Å². The highest BCUT2D eigenvalue weighted by Gasteiger charge is 2.18. The van der Waals surface area contributed by atoms with E-state index in [0.29, 0.717) is 17.7 Å². The van der Waals surface area contributed by atoms with Crippen LogP contribution in [0, 0.1) is 11.6 Å². The number of hydrogen-bond acceptors (Lipinski definition) is 5. The Hall–Kier alpha value is -2.13. The molecule has 9 heteroatoms. The summed E-state index contributed by atoms with van der Waals surface area (Å²) in [5.41, 5.74) is 0.498. The van der Waals surface area contributed by atoms with E-state index in [1.807, 2.05) is 4.90 Å². The summed E-state index contributed by atoms with van der Waals surface area (Å²) in [6.07, 6.45) is 3.73. The number of nitrogens with zero attached hydrogens (tertiary/aromatic N) is 3. The number of rotatable bonds is 5. The van der Waals surface area contributed by atoms with Crippen molar-refractivity contribution >= 4 is 16.0 Å². The summed E-state index contributed by atoms with van der Waals surface area (Å²) in [4.78, 5) is 10.2. The minimum Gasteiger partial charge on any atom is -0.341 e. The normalized spacial score (nSPS) is 15.0. The van der Waals surface area contributed by atoms with Crippen molar-refractivity contribution in [2.45, 2.75) is 24.3 Å². The third kappa shape index (κ3) is 3.68. The van der Waals surface area contributed by atoms with Crippen LogP contribution in [0.1, 0.15) is 18.5 Å². The Morgan fingerprint density at radius 3 is 2.58 bits per heavy atom. The van der Waals surface area contributed by atoms with Gasteiger partial charge in [-0.3, -0.25) is 0 Å². The van der Waals surface area contributed by atoms with Gasteiger partial charge in [0.1, 0.15) is 0 Å². The second-order valence-electron chi connectivity index (χ2n) is 5.44. The van der Waals surface area contributed by atoms with E-state index in [4.69, 9.17) is 0 Å². The summed E-state index contributed by atoms with van der Waals surface area (Å²) < 4.78 is 52.8. The average molecular weight is 354 g/mol. The van der Waals surface area contributed by atoms with E-state index in [1.165, 1.54) is 0 Å². The first-order valence-corrected chi connectivity index (χ1v) is 8.95. The number of aromatic nitrogens is 2. The zero-order chi connectivity index (χ0) is 17.2. The molecule has 0 saturated carbocycles. The van der Waals surface area contributed by atoms with Crippen molar-refractivity contribution in [1.82, 2.24) is 14.7 Å². The molecule has 6 nitrogen and oxygen atoms in total. The lowest BCUT2D eigenvalue weighted by atomic mass is 10.3. The molecule has 1 N–H and O–H groups in total. The van der Waals surface area contributed by atoms with Crippen molar-refractivity contribution in [1.29, 1.82) is 0 Å². The summed E-state index contributed by atoms with van der Waals surface area (Å²) in [7, 11) is -3.96. The Labute approximate surface area is 138 Å². The minimum atomic E-state index is -3.96. The van der Waals surface area contributed by atoms with E-state index in [-0.39, 0.29) is 11.4 Å². The van der Waals surface area contributed by atoms with Gasteiger partial charge in [-0.15, -0.1) is 0 Å². The van der Waals surface area contributed by atoms with Gasteiger partial charge in [0, 0.05) is 19.3 Å². The highest BCUT2D eigenvalue weighted by atomic mass is 32.2. The third-order valence-electron chi connectivity index (χ3n) is 3.73. The zero-order valence-electron chi connectivity index (χ0n) is 12.7. The van der Waals surface area contributed by atoms with Crippen LogP contribution >= 0.6 is 0 Å². The number of hydrogen-bond donors (Lipinski definition) is 1. The molecule has 0 spiro atoms. The average Bonchev–Trinajstić information content (AvgIpc) is 3.10. The molecule has 1 aromatic carbocycles. The molecule has 128 valence electrons. The van der Waals surface area contributed by atoms with Gasteiger partial charge in [0.05, 0.1) is 17.1 Å². The number of halogens is 2. The summed E-state index contributed by atoms with van der Waals surface area (Å²) in [6.45, 7) is 1.69. The lowest BCUT2D eigenvalue weighted by Crippen LogP contribution is -2.25. The van der Waals surface area contributed by atoms with Gasteiger partial charge in [0.25, 0.3) is 0 Å². The van der Waals surface area contributed by atoms with Gasteiger partial charge in [0.2, 0.25) is 16.0 Å². The Morgan fingerprint density at radius 2 is 1.88 bits per heavy atom. The highest BCUT2D eigenvalue weighted by Crippen LogP contribution is 2.16. The molecule has 1 saturated heterocycles. The minimum absolute atomic E-state index is 0.0648. The fourth-order valence-corrected chi connectivity index (χ4v) is 3.46. The molecule has 0 unspecified atom stereocenters. The van der Waals surface area contributed by atoms with E-state index < -0.39 is 21.7 Å². The summed E-state index contributed by atoms with van der Waals surface area (Å²) in [6, 6.07) is 4.04. The standard InChI is InChI=1S/C15H16F2N4O2S/c16-13-4-3-12(9-14(13)17)24(22,23)19-10-11-5-6-18-15(20-11)21-7-1-2-8-21/h3-6,9,19H,1-2,7-8,10H2. The number of benzene rings is 1. The number of sulfonamides is 1. The molecule has 0 bridgehead atoms. The van der Waals surface area contributed by atoms with Gasteiger partial charge in [-0.25, -0.2) is 31.9 Å². The van der Waals surface area contributed by atoms with Crippen molar-refractivity contribution in [3.63, 3.8) is 0 Å². The largest absolute Gasteiger partial charge is 0.341 e. The van der Waals surface area contributed by atoms with Gasteiger partial charge in [-0.05, 0) is 37.1 Å². The fourth-order valence-electron chi connectivity index (χ4n) is 2.45. The molecule has 1 fully saturated rings. The van der Waals surface area contributed by atoms with E-state index in [9.17, 15) is 17.2 Å². The maximum Gasteiger partial charge on any atom is 0.241 e. The van der Waals surface area contributed by atoms with E-state index in [2.05, 4.69) is 14.7 Å². The molecule has 0 radical (unpaired) electrons. The van der Waals surface area contributed by atoms with Crippen LogP contribution in [0.15, 0.2) is 35.4 Å². The Kier molecular flexibility index (Phi) is 4.72. The van der Waals surface area contributed by atoms with Crippen LogP contribution in [0.3, 0.4) is 0 Å². The quantitative estimate of drug-likeness (QED) is 0.887. The van der Waals surface area contributed by atoms with Crippen LogP contribution in [-0.2, 0) is 16.6 Å². The predicted octanol–water partition coefficient (Wildman–Crippen LogP) is 1.83. The molecule has 0 amide bonds. The van der Waals surface area contributed by atoms with Crippen molar-refractivity contribution in [3.05, 3.63) is 47.8 Å². The lowest BCUT2D eigenvalue weighted by Gasteiger charge is -2.15. The van der Waals surface area contributed by atoms with Gasteiger partial charge in [-0.2, -0.15) is 0 Å². The summed E-state index contributed by atoms with van der Waals surface area (Å²) in [5.74, 6) is -1.74. The van der Waals surface area contributed by atoms with Crippen LogP contribution in [0.4, 0.5) is 14.7 Å². The SMILES string of the molecule is O=S(=O)(NCc1ccnc(N2CCCC2)n1)c1ccc(F)c(F)c1. The fraction of sp³-hybridized carbons (Fsp3) is 0.333. The molecule has 2 aromatic rings. The number of nitrogens with one attached hydrogen (secondary N) is 1. The Bertz CT molecular complexity index is 839. The topological polar surface area (TPSA) is 75.2 Å². The van der Waals surface area contributed by atoms with Crippen LogP contribution in [-0.4, -0.2) is 31.5 Å². The first kappa shape index (κ1) is 16.7.